The molecule has 0 aliphatic carbocycles. The molecule has 4 saturated heterocycles. The predicted molar refractivity (Wildman–Crippen MR) is 243 cm³/mol. The second-order valence-electron chi connectivity index (χ2n) is 14.7. The van der Waals surface area contributed by atoms with E-state index in [-0.39, 0.29) is 83.0 Å². The van der Waals surface area contributed by atoms with E-state index in [0.717, 1.165) is 19.5 Å². The van der Waals surface area contributed by atoms with Crippen LogP contribution >= 0.6 is 34.8 Å². The van der Waals surface area contributed by atoms with Crippen LogP contribution in [0.4, 0.5) is 16.3 Å². The summed E-state index contributed by atoms with van der Waals surface area (Å²) < 4.78 is 61.0. The van der Waals surface area contributed by atoms with E-state index >= 15 is 0 Å². The highest BCUT2D eigenvalue weighted by atomic mass is 35.5. The van der Waals surface area contributed by atoms with E-state index in [0.29, 0.717) is 62.5 Å². The van der Waals surface area contributed by atoms with Crippen molar-refractivity contribution in [2.75, 3.05) is 103 Å². The van der Waals surface area contributed by atoms with Gasteiger partial charge in [-0.3, -0.25) is 14.0 Å². The van der Waals surface area contributed by atoms with Crippen LogP contribution in [0.25, 0.3) is 20.9 Å². The molecule has 25 nitrogen and oxygen atoms in total. The first-order chi connectivity index (χ1) is 31.4. The fraction of sp³-hybridized carbons (Fsp3) is 0.649. The van der Waals surface area contributed by atoms with E-state index < -0.39 is 22.3 Å². The van der Waals surface area contributed by atoms with Gasteiger partial charge in [0.15, 0.2) is 0 Å². The molecule has 0 radical (unpaired) electrons. The van der Waals surface area contributed by atoms with Gasteiger partial charge in [0, 0.05) is 52.7 Å². The van der Waals surface area contributed by atoms with Crippen molar-refractivity contribution in [3.63, 3.8) is 0 Å². The number of aliphatic hydroxyl groups is 2. The minimum atomic E-state index is -3.32. The van der Waals surface area contributed by atoms with Crippen molar-refractivity contribution in [1.82, 2.24) is 9.97 Å². The average molecular weight is 1010 g/mol. The number of urea groups is 1. The monoisotopic (exact) mass is 1010 g/mol. The number of anilines is 2. The van der Waals surface area contributed by atoms with E-state index in [9.17, 15) is 13.2 Å². The Bertz CT molecular complexity index is 2030. The third kappa shape index (κ3) is 17.6. The van der Waals surface area contributed by atoms with Crippen LogP contribution in [0.2, 0.25) is 15.3 Å². The zero-order chi connectivity index (χ0) is 49.0. The standard InChI is InChI=1S/C15H13Cl3N4O3.C6H12O4S.C4H6N6O.C4H10N2O.C4H8O3.C4H6O/c1-21-13-7(5-19-14(18)20-13)6-22(15(21)23)12-10(16)8(24-2)4-9(25-3)11(12)17;1-5-3-9-4-6(5)10-11(2,7)8;5-9-7-3-1-11-2-4(3)8-10-6;2*5-3-1-7-2-4(3)6;1-2-4-5-3-1/h4-5H,6H2,1-3H3;5-6H,3-4H2,1-2H3;3-4H,1-2H2;3-4H,1-2,5-6H2;3-6H,1-2H2;1-2H,3-4H2. The van der Waals surface area contributed by atoms with Crippen LogP contribution in [-0.2, 0) is 44.5 Å². The lowest BCUT2D eigenvalue weighted by atomic mass is 10.1. The molecule has 6 N–H and O–H groups in total. The highest BCUT2D eigenvalue weighted by Crippen LogP contribution is 2.47. The molecule has 2 amide bonds. The van der Waals surface area contributed by atoms with Crippen molar-refractivity contribution < 1.29 is 60.8 Å². The number of benzene rings is 1. The molecule has 8 atom stereocenters. The van der Waals surface area contributed by atoms with E-state index in [4.69, 9.17) is 100 Å². The number of amides is 2. The van der Waals surface area contributed by atoms with Crippen molar-refractivity contribution in [1.29, 1.82) is 0 Å². The largest absolute Gasteiger partial charge is 0.495 e. The van der Waals surface area contributed by atoms with E-state index in [1.165, 1.54) is 24.0 Å². The van der Waals surface area contributed by atoms with E-state index in [2.05, 4.69) is 34.8 Å². The van der Waals surface area contributed by atoms with Crippen molar-refractivity contribution in [3.05, 3.63) is 66.2 Å². The second kappa shape index (κ2) is 28.3. The van der Waals surface area contributed by atoms with Crippen molar-refractivity contribution in [2.24, 2.45) is 27.6 Å². The summed E-state index contributed by atoms with van der Waals surface area (Å²) in [6.45, 7) is 7.18. The number of fused-ring (bicyclic) bond motifs is 1. The third-order valence-corrected chi connectivity index (χ3v) is 11.1. The predicted octanol–water partition coefficient (Wildman–Crippen LogP) is 3.38. The Balaban J connectivity index is 0.000000234. The van der Waals surface area contributed by atoms with Gasteiger partial charge in [-0.2, -0.15) is 13.4 Å². The van der Waals surface area contributed by atoms with Crippen LogP contribution in [0.3, 0.4) is 0 Å². The molecule has 1 aromatic heterocycles. The lowest BCUT2D eigenvalue weighted by Crippen LogP contribution is -2.46. The first-order valence-corrected chi connectivity index (χ1v) is 22.9. The van der Waals surface area contributed by atoms with Crippen LogP contribution in [0.1, 0.15) is 12.5 Å². The highest BCUT2D eigenvalue weighted by molar-refractivity contribution is 7.86. The average Bonchev–Trinajstić information content (AvgIpc) is 4.16. The van der Waals surface area contributed by atoms with Gasteiger partial charge in [-0.25, -0.2) is 9.78 Å². The maximum absolute atomic E-state index is 12.9. The van der Waals surface area contributed by atoms with Crippen molar-refractivity contribution in [2.45, 2.75) is 55.9 Å². The summed E-state index contributed by atoms with van der Waals surface area (Å²) in [6.07, 6.45) is 5.04. The molecule has 6 aliphatic rings. The topological polar surface area (TPSA) is 347 Å². The van der Waals surface area contributed by atoms with E-state index in [1.54, 1.807) is 19.3 Å². The number of hydrogen-bond donors (Lipinski definition) is 4. The van der Waals surface area contributed by atoms with Crippen molar-refractivity contribution in [3.8, 4) is 11.5 Å². The number of rotatable bonds is 7. The Kier molecular flexibility index (Phi) is 24.1. The molecule has 29 heteroatoms. The molecule has 0 bridgehead atoms. The van der Waals surface area contributed by atoms with Gasteiger partial charge < -0.3 is 54.8 Å². The molecule has 0 saturated carbocycles. The zero-order valence-corrected chi connectivity index (χ0v) is 39.8. The normalized spacial score (nSPS) is 25.9. The fourth-order valence-electron chi connectivity index (χ4n) is 5.91. The van der Waals surface area contributed by atoms with Gasteiger partial charge in [-0.15, -0.1) is 0 Å². The van der Waals surface area contributed by atoms with Gasteiger partial charge >= 0.3 is 6.03 Å². The Morgan fingerprint density at radius 2 is 1.33 bits per heavy atom. The first-order valence-electron chi connectivity index (χ1n) is 19.9. The number of ether oxygens (including phenoxy) is 7. The molecule has 1 aromatic carbocycles. The molecule has 6 aliphatic heterocycles. The summed E-state index contributed by atoms with van der Waals surface area (Å²) in [5, 5.41) is 24.5. The minimum absolute atomic E-state index is 0.0611. The SMILES string of the molecule is C1=CCOC1.CC1COCC1OS(C)(=O)=O.COc1cc(OC)c(Cl)c(N2Cc3cnc(Cl)nc3N(C)C2=O)c1Cl.NC1COCC1N.OC1COCC1O.[N-]=[N+]=NC1COCC1N=[N+]=[N-]. The van der Waals surface area contributed by atoms with Gasteiger partial charge in [0.1, 0.15) is 45.7 Å². The number of azide groups is 2. The molecular weight excluding hydrogens is 959 g/mol. The quantitative estimate of drug-likeness (QED) is 0.0771. The summed E-state index contributed by atoms with van der Waals surface area (Å²) >= 11 is 18.6. The van der Waals surface area contributed by atoms with Crippen LogP contribution < -0.4 is 30.7 Å². The van der Waals surface area contributed by atoms with Gasteiger partial charge in [0.05, 0.1) is 111 Å². The number of halogens is 3. The summed E-state index contributed by atoms with van der Waals surface area (Å²) in [7, 11) is 1.19. The zero-order valence-electron chi connectivity index (χ0n) is 36.8. The molecular formula is C37H55Cl3N12O13S. The minimum Gasteiger partial charge on any atom is -0.495 e. The number of nitrogens with zero attached hydrogens (tertiary/aromatic N) is 10. The molecule has 7 heterocycles. The van der Waals surface area contributed by atoms with Crippen molar-refractivity contribution >= 4 is 62.5 Å². The number of carbonyl (C=O) groups excluding carboxylic acids is 1. The summed E-state index contributed by atoms with van der Waals surface area (Å²) in [4.78, 5) is 28.9. The van der Waals surface area contributed by atoms with Gasteiger partial charge in [-0.1, -0.05) is 52.5 Å². The number of hydrogen-bond acceptors (Lipinski definition) is 19. The van der Waals surface area contributed by atoms with Gasteiger partial charge in [-0.05, 0) is 22.7 Å². The van der Waals surface area contributed by atoms with Crippen LogP contribution in [0, 0.1) is 5.92 Å². The maximum Gasteiger partial charge on any atom is 0.330 e. The third-order valence-electron chi connectivity index (χ3n) is 9.60. The molecule has 66 heavy (non-hydrogen) atoms. The number of carbonyl (C=O) groups is 1. The second-order valence-corrected chi connectivity index (χ2v) is 17.3. The van der Waals surface area contributed by atoms with E-state index in [1.807, 2.05) is 19.1 Å². The summed E-state index contributed by atoms with van der Waals surface area (Å²) in [5.74, 6) is 1.28. The lowest BCUT2D eigenvalue weighted by Gasteiger charge is -2.35. The molecule has 4 fully saturated rings. The summed E-state index contributed by atoms with van der Waals surface area (Å²) in [5.41, 5.74) is 28.0. The van der Waals surface area contributed by atoms with Crippen LogP contribution in [0.15, 0.2) is 34.6 Å². The van der Waals surface area contributed by atoms with Crippen LogP contribution in [-0.4, -0.2) is 171 Å². The number of nitrogens with two attached hydrogens (primary N) is 2. The van der Waals surface area contributed by atoms with Gasteiger partial charge in [0.2, 0.25) is 5.28 Å². The molecule has 0 spiro atoms. The highest BCUT2D eigenvalue weighted by Gasteiger charge is 2.35. The molecule has 368 valence electrons. The molecule has 8 rings (SSSR count). The fourth-order valence-corrected chi connectivity index (χ4v) is 7.43. The maximum atomic E-state index is 12.9. The number of aromatic nitrogens is 2. The Morgan fingerprint density at radius 3 is 1.71 bits per heavy atom. The Morgan fingerprint density at radius 1 is 0.833 bits per heavy atom. The van der Waals surface area contributed by atoms with Crippen LogP contribution in [0.5, 0.6) is 11.5 Å². The lowest BCUT2D eigenvalue weighted by molar-refractivity contribution is 0.0572. The summed E-state index contributed by atoms with van der Waals surface area (Å²) in [6, 6.07) is 0.650. The molecule has 8 unspecified atom stereocenters. The first kappa shape index (κ1) is 56.3. The van der Waals surface area contributed by atoms with Gasteiger partial charge in [0.25, 0.3) is 10.1 Å². The Hall–Kier alpha value is -4.05. The number of methoxy groups -OCH3 is 2. The Labute approximate surface area is 396 Å². The smallest absolute Gasteiger partial charge is 0.330 e. The molecule has 2 aromatic rings. The number of aliphatic hydroxyl groups excluding tert-OH is 2.